The Morgan fingerprint density at radius 1 is 1.40 bits per heavy atom. The van der Waals surface area contributed by atoms with Crippen LogP contribution < -0.4 is 0 Å². The number of hydrogen-bond acceptors (Lipinski definition) is 3. The minimum absolute atomic E-state index is 0.210. The number of rotatable bonds is 5. The van der Waals surface area contributed by atoms with E-state index < -0.39 is 0 Å². The van der Waals surface area contributed by atoms with Crippen molar-refractivity contribution >= 4 is 26.7 Å². The second-order valence-corrected chi connectivity index (χ2v) is 4.70. The highest BCUT2D eigenvalue weighted by Gasteiger charge is 1.93. The van der Waals surface area contributed by atoms with Gasteiger partial charge in [0.15, 0.2) is 5.12 Å². The number of carbonyl (C=O) groups is 1. The van der Waals surface area contributed by atoms with Crippen molar-refractivity contribution in [1.29, 1.82) is 0 Å². The summed E-state index contributed by atoms with van der Waals surface area (Å²) in [4.78, 5) is 10.4. The fourth-order valence-electron chi connectivity index (χ4n) is 0.536. The zero-order valence-corrected chi connectivity index (χ0v) is 8.19. The molecule has 0 rings (SSSR count). The first-order chi connectivity index (χ1) is 4.77. The molecule has 0 aromatic rings. The van der Waals surface area contributed by atoms with Crippen LogP contribution in [0.2, 0.25) is 0 Å². The molecule has 10 heavy (non-hydrogen) atoms. The van der Waals surface area contributed by atoms with E-state index in [1.165, 1.54) is 30.1 Å². The zero-order chi connectivity index (χ0) is 7.82. The summed E-state index contributed by atoms with van der Waals surface area (Å²) >= 11 is 0. The van der Waals surface area contributed by atoms with E-state index in [4.69, 9.17) is 0 Å². The van der Waals surface area contributed by atoms with Crippen molar-refractivity contribution in [2.75, 3.05) is 5.75 Å². The molecule has 0 aliphatic rings. The van der Waals surface area contributed by atoms with Crippen LogP contribution in [0.5, 0.6) is 0 Å². The van der Waals surface area contributed by atoms with Gasteiger partial charge in [0.25, 0.3) is 0 Å². The van der Waals surface area contributed by atoms with Gasteiger partial charge in [-0.3, -0.25) is 4.79 Å². The third kappa shape index (κ3) is 8.37. The van der Waals surface area contributed by atoms with Gasteiger partial charge in [-0.25, -0.2) is 0 Å². The topological polar surface area (TPSA) is 17.1 Å². The Kier molecular flexibility index (Phi) is 7.75. The van der Waals surface area contributed by atoms with Gasteiger partial charge in [-0.15, -0.1) is 0 Å². The van der Waals surface area contributed by atoms with Crippen LogP contribution in [0.3, 0.4) is 0 Å². The van der Waals surface area contributed by atoms with E-state index >= 15 is 0 Å². The molecule has 0 aliphatic carbocycles. The third-order valence-electron chi connectivity index (χ3n) is 1.01. The van der Waals surface area contributed by atoms with Crippen LogP contribution in [0.15, 0.2) is 0 Å². The van der Waals surface area contributed by atoms with E-state index in [0.717, 1.165) is 5.75 Å². The van der Waals surface area contributed by atoms with Crippen LogP contribution in [0.1, 0.15) is 33.1 Å². The van der Waals surface area contributed by atoms with Crippen LogP contribution in [-0.4, -0.2) is 10.9 Å². The Morgan fingerprint density at radius 2 is 2.10 bits per heavy atom. The van der Waals surface area contributed by atoms with Gasteiger partial charge in [0.2, 0.25) is 0 Å². The quantitative estimate of drug-likeness (QED) is 0.475. The van der Waals surface area contributed by atoms with Gasteiger partial charge in [0.1, 0.15) is 0 Å². The van der Waals surface area contributed by atoms with Crippen molar-refractivity contribution in [3.05, 3.63) is 0 Å². The average Bonchev–Trinajstić information content (AvgIpc) is 1.87. The molecule has 0 fully saturated rings. The van der Waals surface area contributed by atoms with E-state index in [1.807, 2.05) is 0 Å². The Balaban J connectivity index is 2.84. The fraction of sp³-hybridized carbons (Fsp3) is 0.857. The van der Waals surface area contributed by atoms with Gasteiger partial charge >= 0.3 is 0 Å². The number of unbranched alkanes of at least 4 members (excludes halogenated alkanes) is 2. The molecule has 0 spiro atoms. The summed E-state index contributed by atoms with van der Waals surface area (Å²) in [6.45, 7) is 3.79. The molecule has 0 aromatic carbocycles. The highest BCUT2D eigenvalue weighted by Crippen LogP contribution is 2.22. The zero-order valence-electron chi connectivity index (χ0n) is 6.55. The first-order valence-electron chi connectivity index (χ1n) is 3.57. The van der Waals surface area contributed by atoms with Gasteiger partial charge in [-0.05, 0) is 17.2 Å². The summed E-state index contributed by atoms with van der Waals surface area (Å²) in [5.41, 5.74) is 0. The maximum atomic E-state index is 10.4. The number of carbonyl (C=O) groups excluding carboxylic acids is 1. The second kappa shape index (κ2) is 7.48. The molecule has 0 amide bonds. The lowest BCUT2D eigenvalue weighted by molar-refractivity contribution is -0.109. The largest absolute Gasteiger partial charge is 0.287 e. The molecule has 0 atom stereocenters. The molecule has 0 heterocycles. The van der Waals surface area contributed by atoms with Crippen molar-refractivity contribution in [2.24, 2.45) is 0 Å². The molecule has 0 N–H and O–H groups in total. The van der Waals surface area contributed by atoms with Crippen LogP contribution >= 0.6 is 21.6 Å². The first kappa shape index (κ1) is 10.4. The monoisotopic (exact) mass is 178 g/mol. The van der Waals surface area contributed by atoms with Crippen LogP contribution in [0.4, 0.5) is 0 Å². The Bertz CT molecular complexity index is 93.6. The Labute approximate surface area is 70.7 Å². The van der Waals surface area contributed by atoms with Crippen molar-refractivity contribution < 1.29 is 4.79 Å². The van der Waals surface area contributed by atoms with Gasteiger partial charge in [-0.1, -0.05) is 30.6 Å². The predicted molar refractivity (Wildman–Crippen MR) is 50.3 cm³/mol. The molecular formula is C7H14OS2. The maximum Gasteiger partial charge on any atom is 0.196 e. The van der Waals surface area contributed by atoms with Crippen LogP contribution in [0.25, 0.3) is 0 Å². The molecule has 0 saturated heterocycles. The normalized spacial score (nSPS) is 9.80. The number of hydrogen-bond donors (Lipinski definition) is 0. The maximum absolute atomic E-state index is 10.4. The average molecular weight is 178 g/mol. The summed E-state index contributed by atoms with van der Waals surface area (Å²) in [6.07, 6.45) is 3.78. The summed E-state index contributed by atoms with van der Waals surface area (Å²) in [6, 6.07) is 0. The standard InChI is InChI=1S/C7H14OS2/c1-3-4-5-6-9-10-7(2)8/h3-6H2,1-2H3. The van der Waals surface area contributed by atoms with Gasteiger partial charge < -0.3 is 0 Å². The Hall–Kier alpha value is 0.370. The Morgan fingerprint density at radius 3 is 2.60 bits per heavy atom. The highest BCUT2D eigenvalue weighted by molar-refractivity contribution is 8.82. The summed E-state index contributed by atoms with van der Waals surface area (Å²) in [7, 11) is 3.03. The van der Waals surface area contributed by atoms with Crippen molar-refractivity contribution in [3.8, 4) is 0 Å². The SMILES string of the molecule is CCCCCSSC(C)=O. The van der Waals surface area contributed by atoms with Gasteiger partial charge in [0, 0.05) is 12.7 Å². The first-order valence-corrected chi connectivity index (χ1v) is 5.89. The smallest absolute Gasteiger partial charge is 0.196 e. The fourth-order valence-corrected chi connectivity index (χ4v) is 2.21. The molecule has 0 aliphatic heterocycles. The highest BCUT2D eigenvalue weighted by atomic mass is 33.1. The summed E-state index contributed by atoms with van der Waals surface area (Å²) in [5, 5.41) is 0.210. The second-order valence-electron chi connectivity index (χ2n) is 2.10. The lowest BCUT2D eigenvalue weighted by atomic mass is 10.3. The lowest BCUT2D eigenvalue weighted by Gasteiger charge is -1.95. The molecule has 0 radical (unpaired) electrons. The van der Waals surface area contributed by atoms with E-state index in [-0.39, 0.29) is 5.12 Å². The molecule has 0 bridgehead atoms. The van der Waals surface area contributed by atoms with E-state index in [9.17, 15) is 4.79 Å². The van der Waals surface area contributed by atoms with Crippen LogP contribution in [0, 0.1) is 0 Å². The third-order valence-corrected chi connectivity index (χ3v) is 3.37. The predicted octanol–water partition coefficient (Wildman–Crippen LogP) is 3.10. The summed E-state index contributed by atoms with van der Waals surface area (Å²) < 4.78 is 0. The minimum Gasteiger partial charge on any atom is -0.287 e. The molecular weight excluding hydrogens is 164 g/mol. The van der Waals surface area contributed by atoms with Gasteiger partial charge in [-0.2, -0.15) is 0 Å². The van der Waals surface area contributed by atoms with E-state index in [2.05, 4.69) is 6.92 Å². The van der Waals surface area contributed by atoms with Crippen molar-refractivity contribution in [3.63, 3.8) is 0 Å². The van der Waals surface area contributed by atoms with E-state index in [0.29, 0.717) is 0 Å². The molecule has 0 saturated carbocycles. The van der Waals surface area contributed by atoms with Gasteiger partial charge in [0.05, 0.1) is 0 Å². The van der Waals surface area contributed by atoms with Crippen LogP contribution in [-0.2, 0) is 4.79 Å². The molecule has 3 heteroatoms. The lowest BCUT2D eigenvalue weighted by Crippen LogP contribution is -1.79. The molecule has 60 valence electrons. The molecule has 1 nitrogen and oxygen atoms in total. The molecule has 0 aromatic heterocycles. The van der Waals surface area contributed by atoms with Crippen molar-refractivity contribution in [2.45, 2.75) is 33.1 Å². The summed E-state index contributed by atoms with van der Waals surface area (Å²) in [5.74, 6) is 1.11. The minimum atomic E-state index is 0.210. The van der Waals surface area contributed by atoms with Crippen molar-refractivity contribution in [1.82, 2.24) is 0 Å². The van der Waals surface area contributed by atoms with E-state index in [1.54, 1.807) is 17.7 Å². The molecule has 0 unspecified atom stereocenters.